The summed E-state index contributed by atoms with van der Waals surface area (Å²) in [6.07, 6.45) is 0.922. The summed E-state index contributed by atoms with van der Waals surface area (Å²) in [4.78, 5) is 3.72. The lowest BCUT2D eigenvalue weighted by Crippen LogP contribution is -2.00. The first-order chi connectivity index (χ1) is 8.69. The fraction of sp³-hybridized carbons (Fsp3) is 0.214. The second-order valence-corrected chi connectivity index (χ2v) is 4.27. The third-order valence-corrected chi connectivity index (χ3v) is 2.85. The number of hydrogen-bond acceptors (Lipinski definition) is 2. The van der Waals surface area contributed by atoms with Crippen LogP contribution in [0.5, 0.6) is 5.75 Å². The number of hydrogen-bond donors (Lipinski definition) is 0. The molecule has 18 heavy (non-hydrogen) atoms. The Hall–Kier alpha value is -1.61. The smallest absolute Gasteiger partial charge is 0.213 e. The molecule has 0 aliphatic carbocycles. The molecular formula is C14H13ClFNO. The van der Waals surface area contributed by atoms with Gasteiger partial charge in [-0.2, -0.15) is 4.39 Å². The van der Waals surface area contributed by atoms with Crippen molar-refractivity contribution in [2.45, 2.75) is 20.0 Å². The number of aromatic nitrogens is 1. The van der Waals surface area contributed by atoms with Gasteiger partial charge in [0.05, 0.1) is 10.7 Å². The molecule has 0 fully saturated rings. The first kappa shape index (κ1) is 12.8. The van der Waals surface area contributed by atoms with Crippen molar-refractivity contribution in [3.63, 3.8) is 0 Å². The molecule has 0 aliphatic rings. The van der Waals surface area contributed by atoms with Gasteiger partial charge in [0.1, 0.15) is 12.4 Å². The van der Waals surface area contributed by atoms with Gasteiger partial charge in [0, 0.05) is 0 Å². The molecule has 0 amide bonds. The van der Waals surface area contributed by atoms with Gasteiger partial charge in [0.25, 0.3) is 0 Å². The summed E-state index contributed by atoms with van der Waals surface area (Å²) < 4.78 is 18.4. The molecule has 0 spiro atoms. The normalized spacial score (nSPS) is 10.4. The van der Waals surface area contributed by atoms with Crippen LogP contribution < -0.4 is 4.74 Å². The summed E-state index contributed by atoms with van der Waals surface area (Å²) in [7, 11) is 0. The van der Waals surface area contributed by atoms with Crippen molar-refractivity contribution in [3.05, 3.63) is 58.6 Å². The summed E-state index contributed by atoms with van der Waals surface area (Å²) in [6.45, 7) is 2.26. The molecule has 0 unspecified atom stereocenters. The van der Waals surface area contributed by atoms with Gasteiger partial charge in [0.2, 0.25) is 5.95 Å². The van der Waals surface area contributed by atoms with Crippen LogP contribution >= 0.6 is 11.6 Å². The van der Waals surface area contributed by atoms with Crippen LogP contribution in [0.15, 0.2) is 36.4 Å². The summed E-state index contributed by atoms with van der Waals surface area (Å²) in [5.74, 6) is 0.0726. The molecule has 1 heterocycles. The van der Waals surface area contributed by atoms with Crippen molar-refractivity contribution in [1.82, 2.24) is 4.98 Å². The molecule has 0 aliphatic heterocycles. The van der Waals surface area contributed by atoms with Gasteiger partial charge in [-0.15, -0.1) is 0 Å². The Labute approximate surface area is 110 Å². The third kappa shape index (κ3) is 3.20. The van der Waals surface area contributed by atoms with Crippen molar-refractivity contribution in [2.24, 2.45) is 0 Å². The molecule has 0 N–H and O–H groups in total. The van der Waals surface area contributed by atoms with E-state index in [4.69, 9.17) is 16.3 Å². The molecule has 1 aromatic heterocycles. The Balaban J connectivity index is 2.06. The molecule has 0 radical (unpaired) electrons. The highest BCUT2D eigenvalue weighted by molar-refractivity contribution is 6.32. The quantitative estimate of drug-likeness (QED) is 0.779. The maximum atomic E-state index is 12.9. The van der Waals surface area contributed by atoms with E-state index in [0.29, 0.717) is 16.5 Å². The van der Waals surface area contributed by atoms with Crippen molar-refractivity contribution < 1.29 is 9.13 Å². The van der Waals surface area contributed by atoms with Crippen LogP contribution in [0.1, 0.15) is 18.2 Å². The van der Waals surface area contributed by atoms with Crippen molar-refractivity contribution in [1.29, 1.82) is 0 Å². The average molecular weight is 266 g/mol. The predicted octanol–water partition coefficient (Wildman–Crippen LogP) is 4.02. The number of benzene rings is 1. The molecule has 0 atom stereocenters. The maximum Gasteiger partial charge on any atom is 0.213 e. The van der Waals surface area contributed by atoms with E-state index in [2.05, 4.69) is 11.9 Å². The maximum absolute atomic E-state index is 12.9. The van der Waals surface area contributed by atoms with E-state index in [9.17, 15) is 4.39 Å². The van der Waals surface area contributed by atoms with E-state index in [0.717, 1.165) is 12.0 Å². The monoisotopic (exact) mass is 265 g/mol. The zero-order chi connectivity index (χ0) is 13.0. The summed E-state index contributed by atoms with van der Waals surface area (Å²) in [6, 6.07) is 10.3. The summed E-state index contributed by atoms with van der Waals surface area (Å²) >= 11 is 6.09. The van der Waals surface area contributed by atoms with Crippen LogP contribution in [0, 0.1) is 5.95 Å². The lowest BCUT2D eigenvalue weighted by molar-refractivity contribution is 0.299. The molecule has 1 aromatic carbocycles. The molecule has 94 valence electrons. The minimum Gasteiger partial charge on any atom is -0.486 e. The summed E-state index contributed by atoms with van der Waals surface area (Å²) in [5, 5.41) is 0.561. The van der Waals surface area contributed by atoms with Crippen LogP contribution in [0.25, 0.3) is 0 Å². The topological polar surface area (TPSA) is 22.1 Å². The first-order valence-corrected chi connectivity index (χ1v) is 6.09. The number of ether oxygens (including phenoxy) is 1. The second-order valence-electron chi connectivity index (χ2n) is 3.86. The fourth-order valence-corrected chi connectivity index (χ4v) is 1.82. The van der Waals surface area contributed by atoms with Crippen LogP contribution in [-0.4, -0.2) is 4.98 Å². The van der Waals surface area contributed by atoms with Crippen LogP contribution in [0.3, 0.4) is 0 Å². The number of aryl methyl sites for hydroxylation is 1. The Bertz CT molecular complexity index is 545. The van der Waals surface area contributed by atoms with E-state index < -0.39 is 5.95 Å². The van der Waals surface area contributed by atoms with Gasteiger partial charge in [-0.25, -0.2) is 4.98 Å². The molecule has 2 nitrogen and oxygen atoms in total. The average Bonchev–Trinajstić information content (AvgIpc) is 2.37. The number of nitrogens with zero attached hydrogens (tertiary/aromatic N) is 1. The Kier molecular flexibility index (Phi) is 4.15. The largest absolute Gasteiger partial charge is 0.486 e. The molecule has 0 saturated carbocycles. The first-order valence-electron chi connectivity index (χ1n) is 5.71. The van der Waals surface area contributed by atoms with Crippen molar-refractivity contribution in [3.8, 4) is 5.75 Å². The highest BCUT2D eigenvalue weighted by Crippen LogP contribution is 2.26. The third-order valence-electron chi connectivity index (χ3n) is 2.55. The van der Waals surface area contributed by atoms with Crippen LogP contribution in [0.4, 0.5) is 4.39 Å². The zero-order valence-electron chi connectivity index (χ0n) is 9.99. The highest BCUT2D eigenvalue weighted by Gasteiger charge is 2.04. The van der Waals surface area contributed by atoms with Gasteiger partial charge in [-0.05, 0) is 36.2 Å². The van der Waals surface area contributed by atoms with Crippen molar-refractivity contribution >= 4 is 11.6 Å². The predicted molar refractivity (Wildman–Crippen MR) is 69.4 cm³/mol. The zero-order valence-corrected chi connectivity index (χ0v) is 10.7. The van der Waals surface area contributed by atoms with E-state index in [1.165, 1.54) is 6.07 Å². The molecule has 2 rings (SSSR count). The lowest BCUT2D eigenvalue weighted by atomic mass is 10.2. The Morgan fingerprint density at radius 3 is 2.78 bits per heavy atom. The van der Waals surface area contributed by atoms with E-state index in [1.807, 2.05) is 18.2 Å². The van der Waals surface area contributed by atoms with Gasteiger partial charge in [-0.3, -0.25) is 0 Å². The molecule has 0 bridgehead atoms. The minimum atomic E-state index is -0.511. The lowest BCUT2D eigenvalue weighted by Gasteiger charge is -2.08. The number of rotatable bonds is 4. The standard InChI is InChI=1S/C14H13ClFNO/c1-2-10-6-7-13(12(15)8-10)18-9-11-4-3-5-14(16)17-11/h3-8H,2,9H2,1H3. The minimum absolute atomic E-state index is 0.197. The van der Waals surface area contributed by atoms with Gasteiger partial charge < -0.3 is 4.74 Å². The highest BCUT2D eigenvalue weighted by atomic mass is 35.5. The van der Waals surface area contributed by atoms with E-state index in [1.54, 1.807) is 12.1 Å². The molecule has 4 heteroatoms. The second kappa shape index (κ2) is 5.83. The number of pyridine rings is 1. The summed E-state index contributed by atoms with van der Waals surface area (Å²) in [5.41, 5.74) is 1.68. The molecule has 0 saturated heterocycles. The number of halogens is 2. The SMILES string of the molecule is CCc1ccc(OCc2cccc(F)n2)c(Cl)c1. The fourth-order valence-electron chi connectivity index (χ4n) is 1.56. The van der Waals surface area contributed by atoms with Crippen LogP contribution in [-0.2, 0) is 13.0 Å². The Morgan fingerprint density at radius 1 is 1.28 bits per heavy atom. The van der Waals surface area contributed by atoms with Gasteiger partial charge in [-0.1, -0.05) is 30.7 Å². The van der Waals surface area contributed by atoms with E-state index >= 15 is 0 Å². The van der Waals surface area contributed by atoms with E-state index in [-0.39, 0.29) is 6.61 Å². The van der Waals surface area contributed by atoms with Gasteiger partial charge >= 0.3 is 0 Å². The van der Waals surface area contributed by atoms with Gasteiger partial charge in [0.15, 0.2) is 0 Å². The molecular weight excluding hydrogens is 253 g/mol. The van der Waals surface area contributed by atoms with Crippen LogP contribution in [0.2, 0.25) is 5.02 Å². The van der Waals surface area contributed by atoms with Crippen molar-refractivity contribution in [2.75, 3.05) is 0 Å². The Morgan fingerprint density at radius 2 is 2.11 bits per heavy atom. The molecule has 2 aromatic rings.